The Labute approximate surface area is 148 Å². The normalized spacial score (nSPS) is 15.5. The highest BCUT2D eigenvalue weighted by atomic mass is 35.5. The molecule has 24 heavy (non-hydrogen) atoms. The van der Waals surface area contributed by atoms with E-state index in [1.807, 2.05) is 0 Å². The third-order valence-corrected chi connectivity index (χ3v) is 5.08. The van der Waals surface area contributed by atoms with E-state index in [-0.39, 0.29) is 16.6 Å². The SMILES string of the molecule is O=C(c1ccc([N+](=O)[O-])cc1Cl)N1CCN(Cc2ccsc2)CC1. The number of amides is 1. The van der Waals surface area contributed by atoms with Crippen molar-refractivity contribution in [1.82, 2.24) is 9.80 Å². The zero-order valence-corrected chi connectivity index (χ0v) is 14.4. The van der Waals surface area contributed by atoms with E-state index in [9.17, 15) is 14.9 Å². The van der Waals surface area contributed by atoms with Gasteiger partial charge in [-0.25, -0.2) is 0 Å². The molecule has 2 aromatic rings. The first-order valence-corrected chi connectivity index (χ1v) is 8.83. The van der Waals surface area contributed by atoms with Crippen LogP contribution in [0.4, 0.5) is 5.69 Å². The summed E-state index contributed by atoms with van der Waals surface area (Å²) in [5.41, 5.74) is 1.49. The van der Waals surface area contributed by atoms with Gasteiger partial charge >= 0.3 is 0 Å². The molecular formula is C16H16ClN3O3S. The van der Waals surface area contributed by atoms with Gasteiger partial charge < -0.3 is 4.90 Å². The fourth-order valence-electron chi connectivity index (χ4n) is 2.71. The fourth-order valence-corrected chi connectivity index (χ4v) is 3.63. The standard InChI is InChI=1S/C16H16ClN3O3S/c17-15-9-13(20(22)23)1-2-14(15)16(21)19-6-4-18(5-7-19)10-12-3-8-24-11-12/h1-3,8-9,11H,4-7,10H2. The molecule has 1 aromatic heterocycles. The quantitative estimate of drug-likeness (QED) is 0.616. The summed E-state index contributed by atoms with van der Waals surface area (Å²) < 4.78 is 0. The summed E-state index contributed by atoms with van der Waals surface area (Å²) in [6.07, 6.45) is 0. The Balaban J connectivity index is 1.62. The monoisotopic (exact) mass is 365 g/mol. The summed E-state index contributed by atoms with van der Waals surface area (Å²) in [6, 6.07) is 6.08. The fraction of sp³-hybridized carbons (Fsp3) is 0.312. The van der Waals surface area contributed by atoms with E-state index in [1.165, 1.54) is 23.8 Å². The lowest BCUT2D eigenvalue weighted by Gasteiger charge is -2.34. The Morgan fingerprint density at radius 1 is 1.25 bits per heavy atom. The number of benzene rings is 1. The highest BCUT2D eigenvalue weighted by molar-refractivity contribution is 7.07. The molecular weight excluding hydrogens is 350 g/mol. The van der Waals surface area contributed by atoms with Gasteiger partial charge in [-0.1, -0.05) is 11.6 Å². The van der Waals surface area contributed by atoms with Crippen molar-refractivity contribution < 1.29 is 9.72 Å². The van der Waals surface area contributed by atoms with Crippen LogP contribution in [0.3, 0.4) is 0 Å². The lowest BCUT2D eigenvalue weighted by molar-refractivity contribution is -0.384. The van der Waals surface area contributed by atoms with Crippen LogP contribution in [0.1, 0.15) is 15.9 Å². The highest BCUT2D eigenvalue weighted by Crippen LogP contribution is 2.24. The predicted molar refractivity (Wildman–Crippen MR) is 93.6 cm³/mol. The molecule has 1 amide bonds. The molecule has 2 heterocycles. The Morgan fingerprint density at radius 3 is 2.58 bits per heavy atom. The molecule has 0 atom stereocenters. The molecule has 0 bridgehead atoms. The Hall–Kier alpha value is -1.96. The lowest BCUT2D eigenvalue weighted by atomic mass is 10.1. The number of nitro groups is 1. The summed E-state index contributed by atoms with van der Waals surface area (Å²) in [7, 11) is 0. The Morgan fingerprint density at radius 2 is 2.00 bits per heavy atom. The van der Waals surface area contributed by atoms with E-state index < -0.39 is 4.92 Å². The second kappa shape index (κ2) is 7.29. The van der Waals surface area contributed by atoms with Crippen molar-refractivity contribution in [3.8, 4) is 0 Å². The van der Waals surface area contributed by atoms with Gasteiger partial charge in [-0.15, -0.1) is 0 Å². The maximum absolute atomic E-state index is 12.6. The minimum atomic E-state index is -0.524. The summed E-state index contributed by atoms with van der Waals surface area (Å²) in [5, 5.41) is 15.1. The van der Waals surface area contributed by atoms with Crippen LogP contribution in [0, 0.1) is 10.1 Å². The van der Waals surface area contributed by atoms with Gasteiger partial charge in [0, 0.05) is 44.9 Å². The number of nitrogens with zero attached hydrogens (tertiary/aromatic N) is 3. The first kappa shape index (κ1) is 16.9. The lowest BCUT2D eigenvalue weighted by Crippen LogP contribution is -2.48. The maximum Gasteiger partial charge on any atom is 0.270 e. The van der Waals surface area contributed by atoms with E-state index in [0.29, 0.717) is 18.7 Å². The van der Waals surface area contributed by atoms with E-state index in [1.54, 1.807) is 16.2 Å². The molecule has 1 fully saturated rings. The van der Waals surface area contributed by atoms with Crippen molar-refractivity contribution in [3.05, 3.63) is 61.3 Å². The summed E-state index contributed by atoms with van der Waals surface area (Å²) in [5.74, 6) is -0.176. The van der Waals surface area contributed by atoms with Crippen LogP contribution < -0.4 is 0 Å². The van der Waals surface area contributed by atoms with Gasteiger partial charge in [0.1, 0.15) is 0 Å². The summed E-state index contributed by atoms with van der Waals surface area (Å²) in [6.45, 7) is 3.73. The molecule has 6 nitrogen and oxygen atoms in total. The van der Waals surface area contributed by atoms with Crippen LogP contribution in [-0.4, -0.2) is 46.8 Å². The van der Waals surface area contributed by atoms with Crippen LogP contribution in [0.5, 0.6) is 0 Å². The van der Waals surface area contributed by atoms with Gasteiger partial charge in [-0.3, -0.25) is 19.8 Å². The van der Waals surface area contributed by atoms with Crippen molar-refractivity contribution in [1.29, 1.82) is 0 Å². The second-order valence-electron chi connectivity index (χ2n) is 5.62. The number of nitro benzene ring substituents is 1. The van der Waals surface area contributed by atoms with Gasteiger partial charge in [0.15, 0.2) is 0 Å². The average molecular weight is 366 g/mol. The van der Waals surface area contributed by atoms with Crippen LogP contribution in [0.2, 0.25) is 5.02 Å². The van der Waals surface area contributed by atoms with E-state index >= 15 is 0 Å². The molecule has 0 saturated carbocycles. The zero-order chi connectivity index (χ0) is 17.1. The number of hydrogen-bond donors (Lipinski definition) is 0. The summed E-state index contributed by atoms with van der Waals surface area (Å²) >= 11 is 7.73. The minimum absolute atomic E-state index is 0.114. The van der Waals surface area contributed by atoms with Gasteiger partial charge in [0.2, 0.25) is 0 Å². The third kappa shape index (κ3) is 3.75. The summed E-state index contributed by atoms with van der Waals surface area (Å²) in [4.78, 5) is 26.9. The molecule has 0 spiro atoms. The smallest absolute Gasteiger partial charge is 0.270 e. The number of carbonyl (C=O) groups excluding carboxylic acids is 1. The first-order chi connectivity index (χ1) is 11.5. The molecule has 0 N–H and O–H groups in total. The largest absolute Gasteiger partial charge is 0.336 e. The highest BCUT2D eigenvalue weighted by Gasteiger charge is 2.24. The molecule has 0 aliphatic carbocycles. The molecule has 1 aliphatic rings. The number of piperazine rings is 1. The Bertz CT molecular complexity index is 743. The maximum atomic E-state index is 12.6. The van der Waals surface area contributed by atoms with Gasteiger partial charge in [0.05, 0.1) is 15.5 Å². The number of halogens is 1. The second-order valence-corrected chi connectivity index (χ2v) is 6.81. The number of carbonyl (C=O) groups is 1. The molecule has 1 saturated heterocycles. The molecule has 0 radical (unpaired) electrons. The topological polar surface area (TPSA) is 66.7 Å². The predicted octanol–water partition coefficient (Wildman–Crippen LogP) is 3.27. The van der Waals surface area contributed by atoms with Crippen LogP contribution in [0.15, 0.2) is 35.0 Å². The Kier molecular flexibility index (Phi) is 5.13. The van der Waals surface area contributed by atoms with Crippen molar-refractivity contribution in [2.75, 3.05) is 26.2 Å². The zero-order valence-electron chi connectivity index (χ0n) is 12.9. The molecule has 0 unspecified atom stereocenters. The van der Waals surface area contributed by atoms with Crippen LogP contribution in [-0.2, 0) is 6.54 Å². The van der Waals surface area contributed by atoms with E-state index in [2.05, 4.69) is 21.7 Å². The first-order valence-electron chi connectivity index (χ1n) is 7.51. The average Bonchev–Trinajstić information content (AvgIpc) is 3.08. The van der Waals surface area contributed by atoms with Crippen molar-refractivity contribution in [3.63, 3.8) is 0 Å². The van der Waals surface area contributed by atoms with Gasteiger partial charge in [-0.2, -0.15) is 11.3 Å². The molecule has 126 valence electrons. The number of rotatable bonds is 4. The minimum Gasteiger partial charge on any atom is -0.336 e. The molecule has 1 aliphatic heterocycles. The van der Waals surface area contributed by atoms with Crippen LogP contribution in [0.25, 0.3) is 0 Å². The molecule has 3 rings (SSSR count). The van der Waals surface area contributed by atoms with Crippen molar-refractivity contribution in [2.24, 2.45) is 0 Å². The van der Waals surface area contributed by atoms with Crippen molar-refractivity contribution >= 4 is 34.5 Å². The van der Waals surface area contributed by atoms with E-state index in [0.717, 1.165) is 19.6 Å². The third-order valence-electron chi connectivity index (χ3n) is 4.04. The van der Waals surface area contributed by atoms with Gasteiger partial charge in [0.25, 0.3) is 11.6 Å². The number of hydrogen-bond acceptors (Lipinski definition) is 5. The number of non-ortho nitro benzene ring substituents is 1. The van der Waals surface area contributed by atoms with Gasteiger partial charge in [-0.05, 0) is 28.5 Å². The number of thiophene rings is 1. The van der Waals surface area contributed by atoms with Crippen LogP contribution >= 0.6 is 22.9 Å². The van der Waals surface area contributed by atoms with Crippen molar-refractivity contribution in [2.45, 2.75) is 6.54 Å². The van der Waals surface area contributed by atoms with E-state index in [4.69, 9.17) is 11.6 Å². The molecule has 1 aromatic carbocycles. The molecule has 8 heteroatoms.